The van der Waals surface area contributed by atoms with Crippen molar-refractivity contribution < 1.29 is 0 Å². The highest BCUT2D eigenvalue weighted by Crippen LogP contribution is 2.34. The highest BCUT2D eigenvalue weighted by molar-refractivity contribution is 5.14. The first-order valence-electron chi connectivity index (χ1n) is 6.38. The molecule has 1 aromatic carbocycles. The molecule has 0 bridgehead atoms. The molecule has 3 N–H and O–H groups in total. The van der Waals surface area contributed by atoms with Crippen LogP contribution in [0, 0.1) is 5.92 Å². The Morgan fingerprint density at radius 2 is 2.00 bits per heavy atom. The Hall–Kier alpha value is -0.860. The molecule has 0 aromatic heterocycles. The van der Waals surface area contributed by atoms with Crippen LogP contribution in [-0.2, 0) is 6.42 Å². The summed E-state index contributed by atoms with van der Waals surface area (Å²) in [4.78, 5) is 0. The first kappa shape index (κ1) is 11.6. The number of nitrogens with one attached hydrogen (secondary N) is 1. The van der Waals surface area contributed by atoms with Crippen LogP contribution < -0.4 is 11.3 Å². The molecule has 1 aliphatic rings. The minimum Gasteiger partial charge on any atom is -0.271 e. The van der Waals surface area contributed by atoms with Crippen LogP contribution in [0.5, 0.6) is 0 Å². The highest BCUT2D eigenvalue weighted by Gasteiger charge is 2.24. The molecule has 0 spiro atoms. The second-order valence-electron chi connectivity index (χ2n) is 4.92. The fourth-order valence-corrected chi connectivity index (χ4v) is 2.22. The SMILES string of the molecule is NNC(CCCc1ccccc1)CC1CC1. The third-order valence-corrected chi connectivity index (χ3v) is 3.41. The summed E-state index contributed by atoms with van der Waals surface area (Å²) in [5.41, 5.74) is 4.39. The van der Waals surface area contributed by atoms with Crippen molar-refractivity contribution in [2.45, 2.75) is 44.6 Å². The van der Waals surface area contributed by atoms with Crippen molar-refractivity contribution in [2.75, 3.05) is 0 Å². The zero-order chi connectivity index (χ0) is 11.2. The van der Waals surface area contributed by atoms with Crippen molar-refractivity contribution in [3.8, 4) is 0 Å². The molecule has 0 amide bonds. The Labute approximate surface area is 98.2 Å². The van der Waals surface area contributed by atoms with Crippen LogP contribution in [0.3, 0.4) is 0 Å². The van der Waals surface area contributed by atoms with Gasteiger partial charge in [-0.05, 0) is 37.2 Å². The zero-order valence-electron chi connectivity index (χ0n) is 9.86. The van der Waals surface area contributed by atoms with E-state index in [4.69, 9.17) is 5.84 Å². The summed E-state index contributed by atoms with van der Waals surface area (Å²) in [6.07, 6.45) is 7.69. The van der Waals surface area contributed by atoms with Crippen molar-refractivity contribution in [1.82, 2.24) is 5.43 Å². The quantitative estimate of drug-likeness (QED) is 0.545. The second-order valence-corrected chi connectivity index (χ2v) is 4.92. The van der Waals surface area contributed by atoms with E-state index >= 15 is 0 Å². The molecule has 2 heteroatoms. The standard InChI is InChI=1S/C14H22N2/c15-16-14(11-13-9-10-13)8-4-7-12-5-2-1-3-6-12/h1-3,5-6,13-14,16H,4,7-11,15H2. The van der Waals surface area contributed by atoms with Gasteiger partial charge in [-0.2, -0.15) is 0 Å². The minimum atomic E-state index is 0.524. The fraction of sp³-hybridized carbons (Fsp3) is 0.571. The van der Waals surface area contributed by atoms with Gasteiger partial charge in [-0.25, -0.2) is 0 Å². The van der Waals surface area contributed by atoms with Gasteiger partial charge in [-0.3, -0.25) is 11.3 Å². The Morgan fingerprint density at radius 3 is 2.62 bits per heavy atom. The van der Waals surface area contributed by atoms with Crippen molar-refractivity contribution in [3.05, 3.63) is 35.9 Å². The molecule has 2 nitrogen and oxygen atoms in total. The molecule has 0 radical (unpaired) electrons. The second kappa shape index (κ2) is 6.02. The number of hydrazine groups is 1. The summed E-state index contributed by atoms with van der Waals surface area (Å²) in [6.45, 7) is 0. The number of nitrogens with two attached hydrogens (primary N) is 1. The Balaban J connectivity index is 1.65. The van der Waals surface area contributed by atoms with Gasteiger partial charge in [0.1, 0.15) is 0 Å². The molecule has 0 heterocycles. The van der Waals surface area contributed by atoms with Crippen molar-refractivity contribution in [2.24, 2.45) is 11.8 Å². The van der Waals surface area contributed by atoms with Gasteiger partial charge in [0.2, 0.25) is 0 Å². The molecule has 1 saturated carbocycles. The number of benzene rings is 1. The predicted octanol–water partition coefficient (Wildman–Crippen LogP) is 2.64. The van der Waals surface area contributed by atoms with E-state index in [1.807, 2.05) is 0 Å². The number of aryl methyl sites for hydroxylation is 1. The summed E-state index contributed by atoms with van der Waals surface area (Å²) in [6, 6.07) is 11.2. The molecule has 1 fully saturated rings. The molecule has 1 unspecified atom stereocenters. The van der Waals surface area contributed by atoms with Crippen LogP contribution in [0.25, 0.3) is 0 Å². The van der Waals surface area contributed by atoms with Gasteiger partial charge in [0.05, 0.1) is 0 Å². The van der Waals surface area contributed by atoms with Crippen LogP contribution in [0.2, 0.25) is 0 Å². The van der Waals surface area contributed by atoms with Gasteiger partial charge >= 0.3 is 0 Å². The average Bonchev–Trinajstić information content (AvgIpc) is 3.13. The lowest BCUT2D eigenvalue weighted by molar-refractivity contribution is 0.431. The van der Waals surface area contributed by atoms with Gasteiger partial charge in [0, 0.05) is 6.04 Å². The summed E-state index contributed by atoms with van der Waals surface area (Å²) in [5.74, 6) is 6.53. The van der Waals surface area contributed by atoms with Gasteiger partial charge in [-0.1, -0.05) is 43.2 Å². The Morgan fingerprint density at radius 1 is 1.25 bits per heavy atom. The summed E-state index contributed by atoms with van der Waals surface area (Å²) in [5, 5.41) is 0. The molecule has 0 aliphatic heterocycles. The minimum absolute atomic E-state index is 0.524. The zero-order valence-corrected chi connectivity index (χ0v) is 9.86. The van der Waals surface area contributed by atoms with Crippen LogP contribution in [0.4, 0.5) is 0 Å². The number of hydrogen-bond donors (Lipinski definition) is 2. The van der Waals surface area contributed by atoms with Crippen LogP contribution in [0.1, 0.15) is 37.7 Å². The maximum absolute atomic E-state index is 5.58. The molecule has 1 atom stereocenters. The fourth-order valence-electron chi connectivity index (χ4n) is 2.22. The first-order chi connectivity index (χ1) is 7.88. The lowest BCUT2D eigenvalue weighted by Crippen LogP contribution is -2.35. The molecular formula is C14H22N2. The Bertz CT molecular complexity index is 293. The molecule has 0 saturated heterocycles. The van der Waals surface area contributed by atoms with Crippen molar-refractivity contribution in [3.63, 3.8) is 0 Å². The van der Waals surface area contributed by atoms with E-state index in [-0.39, 0.29) is 0 Å². The van der Waals surface area contributed by atoms with Gasteiger partial charge in [0.15, 0.2) is 0 Å². The molecule has 88 valence electrons. The molecular weight excluding hydrogens is 196 g/mol. The van der Waals surface area contributed by atoms with E-state index in [2.05, 4.69) is 35.8 Å². The lowest BCUT2D eigenvalue weighted by Gasteiger charge is -2.15. The molecule has 16 heavy (non-hydrogen) atoms. The summed E-state index contributed by atoms with van der Waals surface area (Å²) < 4.78 is 0. The number of hydrogen-bond acceptors (Lipinski definition) is 2. The topological polar surface area (TPSA) is 38.0 Å². The van der Waals surface area contributed by atoms with Crippen molar-refractivity contribution in [1.29, 1.82) is 0 Å². The maximum Gasteiger partial charge on any atom is 0.0213 e. The third kappa shape index (κ3) is 3.95. The van der Waals surface area contributed by atoms with Gasteiger partial charge in [0.25, 0.3) is 0 Å². The van der Waals surface area contributed by atoms with Crippen LogP contribution >= 0.6 is 0 Å². The molecule has 1 aliphatic carbocycles. The summed E-state index contributed by atoms with van der Waals surface area (Å²) >= 11 is 0. The Kier molecular flexibility index (Phi) is 4.37. The average molecular weight is 218 g/mol. The largest absolute Gasteiger partial charge is 0.271 e. The van der Waals surface area contributed by atoms with Gasteiger partial charge < -0.3 is 0 Å². The molecule has 2 rings (SSSR count). The van der Waals surface area contributed by atoms with E-state index in [1.165, 1.54) is 44.1 Å². The third-order valence-electron chi connectivity index (χ3n) is 3.41. The van der Waals surface area contributed by atoms with Crippen LogP contribution in [0.15, 0.2) is 30.3 Å². The van der Waals surface area contributed by atoms with Crippen molar-refractivity contribution >= 4 is 0 Å². The van der Waals surface area contributed by atoms with E-state index < -0.39 is 0 Å². The van der Waals surface area contributed by atoms with E-state index in [9.17, 15) is 0 Å². The smallest absolute Gasteiger partial charge is 0.0213 e. The van der Waals surface area contributed by atoms with E-state index in [1.54, 1.807) is 0 Å². The predicted molar refractivity (Wildman–Crippen MR) is 67.8 cm³/mol. The van der Waals surface area contributed by atoms with E-state index in [0.717, 1.165) is 5.92 Å². The lowest BCUT2D eigenvalue weighted by atomic mass is 10.0. The van der Waals surface area contributed by atoms with Crippen LogP contribution in [-0.4, -0.2) is 6.04 Å². The van der Waals surface area contributed by atoms with E-state index in [0.29, 0.717) is 6.04 Å². The normalized spacial score (nSPS) is 17.3. The van der Waals surface area contributed by atoms with Gasteiger partial charge in [-0.15, -0.1) is 0 Å². The molecule has 1 aromatic rings. The maximum atomic E-state index is 5.58. The number of rotatable bonds is 7. The highest BCUT2D eigenvalue weighted by atomic mass is 15.2. The monoisotopic (exact) mass is 218 g/mol. The first-order valence-corrected chi connectivity index (χ1v) is 6.38. The summed E-state index contributed by atoms with van der Waals surface area (Å²) in [7, 11) is 0.